The molecular weight excluding hydrogens is 270 g/mol. The first-order valence-electron chi connectivity index (χ1n) is 8.30. The molecule has 2 aliphatic heterocycles. The Hall–Kier alpha value is -0.650. The standard InChI is InChI=1S/C16H29NO4/c1-3-5-14-12-16(6-9-21-14,13-15(18)20-4-2)17-7-10-19-11-8-17/h14H,3-13H2,1-2H3. The quantitative estimate of drug-likeness (QED) is 0.702. The van der Waals surface area contributed by atoms with E-state index in [1.165, 1.54) is 0 Å². The molecule has 0 amide bonds. The Balaban J connectivity index is 2.09. The molecule has 0 aromatic rings. The average Bonchev–Trinajstić information content (AvgIpc) is 2.49. The van der Waals surface area contributed by atoms with Crippen LogP contribution in [0, 0.1) is 0 Å². The van der Waals surface area contributed by atoms with Gasteiger partial charge in [0.1, 0.15) is 0 Å². The van der Waals surface area contributed by atoms with Crippen molar-refractivity contribution in [1.29, 1.82) is 0 Å². The van der Waals surface area contributed by atoms with E-state index in [0.717, 1.165) is 58.6 Å². The summed E-state index contributed by atoms with van der Waals surface area (Å²) in [6, 6.07) is 0. The molecule has 0 aliphatic carbocycles. The normalized spacial score (nSPS) is 31.0. The smallest absolute Gasteiger partial charge is 0.307 e. The van der Waals surface area contributed by atoms with E-state index >= 15 is 0 Å². The van der Waals surface area contributed by atoms with E-state index in [1.54, 1.807) is 0 Å². The molecule has 2 rings (SSSR count). The molecular formula is C16H29NO4. The van der Waals surface area contributed by atoms with E-state index in [-0.39, 0.29) is 17.6 Å². The minimum atomic E-state index is -0.103. The molecule has 2 heterocycles. The van der Waals surface area contributed by atoms with E-state index < -0.39 is 0 Å². The Morgan fingerprint density at radius 2 is 2.05 bits per heavy atom. The van der Waals surface area contributed by atoms with E-state index in [0.29, 0.717) is 13.0 Å². The Labute approximate surface area is 127 Å². The first kappa shape index (κ1) is 16.7. The highest BCUT2D eigenvalue weighted by molar-refractivity contribution is 5.71. The van der Waals surface area contributed by atoms with Crippen LogP contribution in [0.25, 0.3) is 0 Å². The summed E-state index contributed by atoms with van der Waals surface area (Å²) in [5, 5.41) is 0. The predicted molar refractivity (Wildman–Crippen MR) is 80.3 cm³/mol. The van der Waals surface area contributed by atoms with Gasteiger partial charge in [-0.3, -0.25) is 9.69 Å². The number of hydrogen-bond acceptors (Lipinski definition) is 5. The lowest BCUT2D eigenvalue weighted by molar-refractivity contribution is -0.154. The second kappa shape index (κ2) is 8.11. The molecule has 122 valence electrons. The van der Waals surface area contributed by atoms with Gasteiger partial charge in [0.15, 0.2) is 0 Å². The fourth-order valence-corrected chi connectivity index (χ4v) is 3.59. The number of rotatable bonds is 6. The van der Waals surface area contributed by atoms with Crippen molar-refractivity contribution < 1.29 is 19.0 Å². The third-order valence-electron chi connectivity index (χ3n) is 4.60. The number of carbonyl (C=O) groups excluding carboxylic acids is 1. The summed E-state index contributed by atoms with van der Waals surface area (Å²) < 4.78 is 16.6. The zero-order chi connectivity index (χ0) is 15.1. The molecule has 5 heteroatoms. The zero-order valence-corrected chi connectivity index (χ0v) is 13.4. The SMILES string of the molecule is CCCC1CC(CC(=O)OCC)(N2CCOCC2)CCO1. The van der Waals surface area contributed by atoms with Gasteiger partial charge < -0.3 is 14.2 Å². The van der Waals surface area contributed by atoms with E-state index in [2.05, 4.69) is 11.8 Å². The fourth-order valence-electron chi connectivity index (χ4n) is 3.59. The minimum absolute atomic E-state index is 0.0823. The van der Waals surface area contributed by atoms with E-state index in [9.17, 15) is 4.79 Å². The van der Waals surface area contributed by atoms with Gasteiger partial charge in [-0.25, -0.2) is 0 Å². The molecule has 0 spiro atoms. The summed E-state index contributed by atoms with van der Waals surface area (Å²) in [5.74, 6) is -0.0823. The highest BCUT2D eigenvalue weighted by Crippen LogP contribution is 2.36. The monoisotopic (exact) mass is 299 g/mol. The molecule has 0 bridgehead atoms. The highest BCUT2D eigenvalue weighted by atomic mass is 16.5. The highest BCUT2D eigenvalue weighted by Gasteiger charge is 2.44. The molecule has 0 saturated carbocycles. The van der Waals surface area contributed by atoms with Gasteiger partial charge in [-0.05, 0) is 26.2 Å². The fraction of sp³-hybridized carbons (Fsp3) is 0.938. The lowest BCUT2D eigenvalue weighted by atomic mass is 9.80. The molecule has 0 N–H and O–H groups in total. The molecule has 5 nitrogen and oxygen atoms in total. The van der Waals surface area contributed by atoms with Crippen LogP contribution in [0.5, 0.6) is 0 Å². The van der Waals surface area contributed by atoms with Gasteiger partial charge >= 0.3 is 5.97 Å². The number of carbonyl (C=O) groups is 1. The molecule has 0 radical (unpaired) electrons. The molecule has 0 aromatic carbocycles. The van der Waals surface area contributed by atoms with Gasteiger partial charge in [-0.2, -0.15) is 0 Å². The molecule has 2 atom stereocenters. The van der Waals surface area contributed by atoms with Crippen LogP contribution in [0.4, 0.5) is 0 Å². The summed E-state index contributed by atoms with van der Waals surface area (Å²) in [4.78, 5) is 14.5. The lowest BCUT2D eigenvalue weighted by Gasteiger charge is -2.49. The maximum Gasteiger partial charge on any atom is 0.307 e. The molecule has 21 heavy (non-hydrogen) atoms. The van der Waals surface area contributed by atoms with E-state index in [4.69, 9.17) is 14.2 Å². The van der Waals surface area contributed by atoms with Gasteiger partial charge in [0, 0.05) is 25.2 Å². The van der Waals surface area contributed by atoms with Crippen molar-refractivity contribution in [2.45, 2.75) is 57.6 Å². The minimum Gasteiger partial charge on any atom is -0.466 e. The Morgan fingerprint density at radius 3 is 2.71 bits per heavy atom. The van der Waals surface area contributed by atoms with Crippen molar-refractivity contribution >= 4 is 5.97 Å². The van der Waals surface area contributed by atoms with Crippen LogP contribution in [-0.4, -0.2) is 62.0 Å². The van der Waals surface area contributed by atoms with Crippen molar-refractivity contribution in [3.8, 4) is 0 Å². The molecule has 2 fully saturated rings. The van der Waals surface area contributed by atoms with Crippen LogP contribution in [0.1, 0.15) is 46.0 Å². The Bertz CT molecular complexity index is 328. The van der Waals surface area contributed by atoms with Gasteiger partial charge in [0.2, 0.25) is 0 Å². The maximum atomic E-state index is 12.1. The summed E-state index contributed by atoms with van der Waals surface area (Å²) in [5.41, 5.74) is -0.103. The first-order chi connectivity index (χ1) is 10.2. The van der Waals surface area contributed by atoms with Crippen LogP contribution < -0.4 is 0 Å². The second-order valence-corrected chi connectivity index (χ2v) is 6.04. The van der Waals surface area contributed by atoms with Crippen LogP contribution in [0.3, 0.4) is 0 Å². The zero-order valence-electron chi connectivity index (χ0n) is 13.4. The van der Waals surface area contributed by atoms with Gasteiger partial charge in [-0.1, -0.05) is 13.3 Å². The van der Waals surface area contributed by atoms with Crippen LogP contribution in [-0.2, 0) is 19.0 Å². The third-order valence-corrected chi connectivity index (χ3v) is 4.60. The first-order valence-corrected chi connectivity index (χ1v) is 8.30. The third kappa shape index (κ3) is 4.41. The maximum absolute atomic E-state index is 12.1. The van der Waals surface area contributed by atoms with Crippen LogP contribution >= 0.6 is 0 Å². The number of esters is 1. The lowest BCUT2D eigenvalue weighted by Crippen LogP contribution is -2.58. The number of nitrogens with zero attached hydrogens (tertiary/aromatic N) is 1. The second-order valence-electron chi connectivity index (χ2n) is 6.04. The Kier molecular flexibility index (Phi) is 6.45. The van der Waals surface area contributed by atoms with Gasteiger partial charge in [0.05, 0.1) is 32.3 Å². The van der Waals surface area contributed by atoms with Crippen LogP contribution in [0.15, 0.2) is 0 Å². The summed E-state index contributed by atoms with van der Waals surface area (Å²) in [6.07, 6.45) is 4.76. The van der Waals surface area contributed by atoms with Crippen molar-refractivity contribution in [1.82, 2.24) is 4.90 Å². The van der Waals surface area contributed by atoms with Crippen LogP contribution in [0.2, 0.25) is 0 Å². The summed E-state index contributed by atoms with van der Waals surface area (Å²) >= 11 is 0. The van der Waals surface area contributed by atoms with Crippen molar-refractivity contribution in [3.05, 3.63) is 0 Å². The predicted octanol–water partition coefficient (Wildman–Crippen LogP) is 1.99. The molecule has 2 aliphatic rings. The molecule has 2 saturated heterocycles. The van der Waals surface area contributed by atoms with Crippen molar-refractivity contribution in [2.75, 3.05) is 39.5 Å². The molecule has 0 aromatic heterocycles. The average molecular weight is 299 g/mol. The van der Waals surface area contributed by atoms with Gasteiger partial charge in [0.25, 0.3) is 0 Å². The van der Waals surface area contributed by atoms with Crippen molar-refractivity contribution in [3.63, 3.8) is 0 Å². The topological polar surface area (TPSA) is 48.0 Å². The summed E-state index contributed by atoms with van der Waals surface area (Å²) in [6.45, 7) is 8.54. The summed E-state index contributed by atoms with van der Waals surface area (Å²) in [7, 11) is 0. The Morgan fingerprint density at radius 1 is 1.29 bits per heavy atom. The number of morpholine rings is 1. The number of hydrogen-bond donors (Lipinski definition) is 0. The molecule has 2 unspecified atom stereocenters. The number of ether oxygens (including phenoxy) is 3. The van der Waals surface area contributed by atoms with E-state index in [1.807, 2.05) is 6.92 Å². The van der Waals surface area contributed by atoms with Crippen molar-refractivity contribution in [2.24, 2.45) is 0 Å². The van der Waals surface area contributed by atoms with Gasteiger partial charge in [-0.15, -0.1) is 0 Å². The largest absolute Gasteiger partial charge is 0.466 e.